The van der Waals surface area contributed by atoms with Crippen LogP contribution < -0.4 is 5.32 Å². The molecule has 1 N–H and O–H groups in total. The Morgan fingerprint density at radius 1 is 1.21 bits per heavy atom. The number of ether oxygens (including phenoxy) is 1. The van der Waals surface area contributed by atoms with Gasteiger partial charge >= 0.3 is 0 Å². The van der Waals surface area contributed by atoms with E-state index in [2.05, 4.69) is 10.2 Å². The quantitative estimate of drug-likeness (QED) is 0.855. The Balaban J connectivity index is 1.89. The number of rotatable bonds is 6. The Morgan fingerprint density at radius 3 is 2.42 bits per heavy atom. The number of morpholine rings is 1. The van der Waals surface area contributed by atoms with Crippen molar-refractivity contribution in [1.82, 2.24) is 9.80 Å². The van der Waals surface area contributed by atoms with E-state index >= 15 is 0 Å². The number of hydrogen-bond acceptors (Lipinski definition) is 4. The van der Waals surface area contributed by atoms with Gasteiger partial charge in [0.1, 0.15) is 0 Å². The average Bonchev–Trinajstić information content (AvgIpc) is 2.55. The summed E-state index contributed by atoms with van der Waals surface area (Å²) in [6.45, 7) is 10.0. The van der Waals surface area contributed by atoms with Crippen molar-refractivity contribution in [1.29, 1.82) is 0 Å². The summed E-state index contributed by atoms with van der Waals surface area (Å²) in [7, 11) is 0. The highest BCUT2D eigenvalue weighted by Crippen LogP contribution is 2.19. The van der Waals surface area contributed by atoms with Crippen molar-refractivity contribution in [3.8, 4) is 0 Å². The zero-order valence-electron chi connectivity index (χ0n) is 14.8. The molecule has 1 aromatic rings. The third kappa shape index (κ3) is 5.32. The van der Waals surface area contributed by atoms with Crippen LogP contribution >= 0.6 is 0 Å². The standard InChI is InChI=1S/C18H27N3O3/c1-14-5-4-6-15(2)18(14)19-17(23)13-21(16(3)22)8-7-20-9-11-24-12-10-20/h4-6H,7-13H2,1-3H3,(H,19,23). The molecule has 1 aliphatic heterocycles. The van der Waals surface area contributed by atoms with E-state index in [9.17, 15) is 9.59 Å². The Hall–Kier alpha value is -1.92. The summed E-state index contributed by atoms with van der Waals surface area (Å²) < 4.78 is 5.32. The molecule has 132 valence electrons. The molecule has 1 aromatic carbocycles. The van der Waals surface area contributed by atoms with E-state index in [0.29, 0.717) is 6.54 Å². The lowest BCUT2D eigenvalue weighted by Gasteiger charge is -2.29. The molecular weight excluding hydrogens is 306 g/mol. The lowest BCUT2D eigenvalue weighted by molar-refractivity contribution is -0.133. The van der Waals surface area contributed by atoms with E-state index in [0.717, 1.165) is 49.7 Å². The first-order valence-electron chi connectivity index (χ1n) is 8.39. The van der Waals surface area contributed by atoms with Crippen LogP contribution in [0.5, 0.6) is 0 Å². The number of hydrogen-bond donors (Lipinski definition) is 1. The van der Waals surface area contributed by atoms with E-state index in [1.165, 1.54) is 6.92 Å². The summed E-state index contributed by atoms with van der Waals surface area (Å²) in [4.78, 5) is 28.0. The minimum atomic E-state index is -0.162. The lowest BCUT2D eigenvalue weighted by atomic mass is 10.1. The molecule has 24 heavy (non-hydrogen) atoms. The SMILES string of the molecule is CC(=O)N(CCN1CCOCC1)CC(=O)Nc1c(C)cccc1C. The molecule has 0 bridgehead atoms. The van der Waals surface area contributed by atoms with Crippen LogP contribution in [0.25, 0.3) is 0 Å². The van der Waals surface area contributed by atoms with Crippen molar-refractivity contribution in [3.05, 3.63) is 29.3 Å². The van der Waals surface area contributed by atoms with Gasteiger partial charge in [0.2, 0.25) is 11.8 Å². The minimum absolute atomic E-state index is 0.0768. The largest absolute Gasteiger partial charge is 0.379 e. The monoisotopic (exact) mass is 333 g/mol. The number of anilines is 1. The first-order chi connectivity index (χ1) is 11.5. The fourth-order valence-electron chi connectivity index (χ4n) is 2.80. The molecule has 0 aromatic heterocycles. The molecule has 6 nitrogen and oxygen atoms in total. The van der Waals surface area contributed by atoms with Crippen molar-refractivity contribution in [3.63, 3.8) is 0 Å². The second-order valence-corrected chi connectivity index (χ2v) is 6.21. The highest BCUT2D eigenvalue weighted by Gasteiger charge is 2.17. The predicted molar refractivity (Wildman–Crippen MR) is 94.1 cm³/mol. The fraction of sp³-hybridized carbons (Fsp3) is 0.556. The second-order valence-electron chi connectivity index (χ2n) is 6.21. The van der Waals surface area contributed by atoms with Crippen molar-refractivity contribution in [2.75, 3.05) is 51.3 Å². The smallest absolute Gasteiger partial charge is 0.244 e. The molecule has 1 saturated heterocycles. The minimum Gasteiger partial charge on any atom is -0.379 e. The zero-order valence-corrected chi connectivity index (χ0v) is 14.8. The van der Waals surface area contributed by atoms with Gasteiger partial charge in [-0.15, -0.1) is 0 Å². The molecule has 6 heteroatoms. The maximum absolute atomic E-state index is 12.3. The van der Waals surface area contributed by atoms with Gasteiger partial charge < -0.3 is 15.0 Å². The number of aryl methyl sites for hydroxylation is 2. The second kappa shape index (κ2) is 8.80. The molecule has 0 spiro atoms. The van der Waals surface area contributed by atoms with Gasteiger partial charge in [-0.3, -0.25) is 14.5 Å². The molecule has 2 amide bonds. The van der Waals surface area contributed by atoms with E-state index in [1.54, 1.807) is 4.90 Å². The number of carbonyl (C=O) groups excluding carboxylic acids is 2. The Kier molecular flexibility index (Phi) is 6.75. The molecule has 0 saturated carbocycles. The highest BCUT2D eigenvalue weighted by atomic mass is 16.5. The third-order valence-electron chi connectivity index (χ3n) is 4.32. The summed E-state index contributed by atoms with van der Waals surface area (Å²) in [6.07, 6.45) is 0. The molecule has 1 aliphatic rings. The van der Waals surface area contributed by atoms with Gasteiger partial charge in [0.05, 0.1) is 19.8 Å². The summed E-state index contributed by atoms with van der Waals surface area (Å²) in [5.74, 6) is -0.246. The number of amides is 2. The summed E-state index contributed by atoms with van der Waals surface area (Å²) in [6, 6.07) is 5.89. The van der Waals surface area contributed by atoms with Gasteiger partial charge in [0.15, 0.2) is 0 Å². The zero-order chi connectivity index (χ0) is 17.5. The van der Waals surface area contributed by atoms with Gasteiger partial charge in [-0.2, -0.15) is 0 Å². The molecule has 1 heterocycles. The van der Waals surface area contributed by atoms with Crippen LogP contribution in [0.15, 0.2) is 18.2 Å². The first-order valence-corrected chi connectivity index (χ1v) is 8.39. The Labute approximate surface area is 143 Å². The number of nitrogens with zero attached hydrogens (tertiary/aromatic N) is 2. The molecule has 0 atom stereocenters. The van der Waals surface area contributed by atoms with E-state index in [1.807, 2.05) is 32.0 Å². The summed E-state index contributed by atoms with van der Waals surface area (Å²) in [5, 5.41) is 2.94. The summed E-state index contributed by atoms with van der Waals surface area (Å²) in [5.41, 5.74) is 2.87. The molecule has 2 rings (SSSR count). The van der Waals surface area contributed by atoms with Crippen molar-refractivity contribution >= 4 is 17.5 Å². The maximum atomic E-state index is 12.3. The van der Waals surface area contributed by atoms with Crippen LogP contribution in [-0.2, 0) is 14.3 Å². The van der Waals surface area contributed by atoms with E-state index in [4.69, 9.17) is 4.74 Å². The third-order valence-corrected chi connectivity index (χ3v) is 4.32. The normalized spacial score (nSPS) is 15.1. The Morgan fingerprint density at radius 2 is 1.83 bits per heavy atom. The topological polar surface area (TPSA) is 61.9 Å². The highest BCUT2D eigenvalue weighted by molar-refractivity contribution is 5.95. The van der Waals surface area contributed by atoms with Crippen LogP contribution in [-0.4, -0.2) is 67.6 Å². The van der Waals surface area contributed by atoms with E-state index in [-0.39, 0.29) is 18.4 Å². The van der Waals surface area contributed by atoms with Crippen molar-refractivity contribution in [2.45, 2.75) is 20.8 Å². The maximum Gasteiger partial charge on any atom is 0.244 e. The van der Waals surface area contributed by atoms with Crippen LogP contribution in [0, 0.1) is 13.8 Å². The van der Waals surface area contributed by atoms with Crippen LogP contribution in [0.3, 0.4) is 0 Å². The summed E-state index contributed by atoms with van der Waals surface area (Å²) >= 11 is 0. The fourth-order valence-corrected chi connectivity index (χ4v) is 2.80. The van der Waals surface area contributed by atoms with E-state index < -0.39 is 0 Å². The van der Waals surface area contributed by atoms with Crippen LogP contribution in [0.1, 0.15) is 18.1 Å². The van der Waals surface area contributed by atoms with Gasteiger partial charge in [-0.1, -0.05) is 18.2 Å². The van der Waals surface area contributed by atoms with Gasteiger partial charge in [0, 0.05) is 38.8 Å². The van der Waals surface area contributed by atoms with Crippen molar-refractivity contribution < 1.29 is 14.3 Å². The molecule has 0 unspecified atom stereocenters. The van der Waals surface area contributed by atoms with Crippen LogP contribution in [0.4, 0.5) is 5.69 Å². The molecule has 1 fully saturated rings. The molecular formula is C18H27N3O3. The van der Waals surface area contributed by atoms with Gasteiger partial charge in [-0.25, -0.2) is 0 Å². The Bertz CT molecular complexity index is 563. The van der Waals surface area contributed by atoms with Crippen LogP contribution in [0.2, 0.25) is 0 Å². The number of nitrogens with one attached hydrogen (secondary N) is 1. The lowest BCUT2D eigenvalue weighted by Crippen LogP contribution is -2.44. The predicted octanol–water partition coefficient (Wildman–Crippen LogP) is 1.42. The molecule has 0 aliphatic carbocycles. The average molecular weight is 333 g/mol. The first kappa shape index (κ1) is 18.4. The van der Waals surface area contributed by atoms with Gasteiger partial charge in [0.25, 0.3) is 0 Å². The molecule has 0 radical (unpaired) electrons. The number of para-hydroxylation sites is 1. The van der Waals surface area contributed by atoms with Gasteiger partial charge in [-0.05, 0) is 25.0 Å². The van der Waals surface area contributed by atoms with Crippen molar-refractivity contribution in [2.24, 2.45) is 0 Å². The number of carbonyl (C=O) groups is 2. The number of benzene rings is 1.